The van der Waals surface area contributed by atoms with Crippen LogP contribution in [0.1, 0.15) is 61.6 Å². The molecule has 0 bridgehead atoms. The SMILES string of the molecule is CC(O)(CO)c1nc(S(=N)(=O)NC(=O)Nc2c(CC3CCC3)cncc2CC2CCC2)cs1. The van der Waals surface area contributed by atoms with Crippen LogP contribution in [0, 0.1) is 16.6 Å². The summed E-state index contributed by atoms with van der Waals surface area (Å²) >= 11 is 0.975. The number of urea groups is 1. The number of carbonyl (C=O) groups is 1. The van der Waals surface area contributed by atoms with Gasteiger partial charge in [0.25, 0.3) is 0 Å². The Hall–Kier alpha value is -2.08. The van der Waals surface area contributed by atoms with Crippen molar-refractivity contribution in [3.63, 3.8) is 0 Å². The van der Waals surface area contributed by atoms with Gasteiger partial charge >= 0.3 is 6.03 Å². The van der Waals surface area contributed by atoms with Gasteiger partial charge in [-0.3, -0.25) is 4.98 Å². The number of aliphatic hydroxyl groups is 2. The number of anilines is 1. The lowest BCUT2D eigenvalue weighted by atomic mass is 9.79. The van der Waals surface area contributed by atoms with E-state index in [1.165, 1.54) is 50.8 Å². The van der Waals surface area contributed by atoms with Gasteiger partial charge in [0.05, 0.1) is 12.3 Å². The number of thiazole rings is 1. The van der Waals surface area contributed by atoms with Gasteiger partial charge in [0.1, 0.15) is 10.6 Å². The number of nitrogens with one attached hydrogen (secondary N) is 3. The largest absolute Gasteiger partial charge is 0.393 e. The monoisotopic (exact) mass is 493 g/mol. The van der Waals surface area contributed by atoms with Crippen molar-refractivity contribution in [2.24, 2.45) is 11.8 Å². The summed E-state index contributed by atoms with van der Waals surface area (Å²) in [6.07, 6.45) is 12.4. The quantitative estimate of drug-likeness (QED) is 0.361. The summed E-state index contributed by atoms with van der Waals surface area (Å²) in [6.45, 7) is 0.806. The minimum atomic E-state index is -3.76. The summed E-state index contributed by atoms with van der Waals surface area (Å²) in [7, 11) is -3.76. The number of nitrogens with zero attached hydrogens (tertiary/aromatic N) is 2. The summed E-state index contributed by atoms with van der Waals surface area (Å²) in [6, 6.07) is -0.741. The molecule has 180 valence electrons. The molecule has 33 heavy (non-hydrogen) atoms. The molecular weight excluding hydrogens is 462 g/mol. The molecule has 2 aliphatic carbocycles. The van der Waals surface area contributed by atoms with Crippen LogP contribution in [-0.4, -0.2) is 37.0 Å². The van der Waals surface area contributed by atoms with Crippen LogP contribution in [-0.2, 0) is 28.4 Å². The molecular formula is C22H31N5O4S2. The van der Waals surface area contributed by atoms with E-state index in [1.54, 1.807) is 12.4 Å². The summed E-state index contributed by atoms with van der Waals surface area (Å²) in [5.74, 6) is 1.17. The van der Waals surface area contributed by atoms with Crippen LogP contribution < -0.4 is 10.0 Å². The zero-order valence-electron chi connectivity index (χ0n) is 18.7. The molecule has 2 heterocycles. The third-order valence-electron chi connectivity index (χ3n) is 6.59. The molecule has 5 N–H and O–H groups in total. The summed E-state index contributed by atoms with van der Waals surface area (Å²) in [4.78, 5) is 21.3. The first kappa shape index (κ1) is 24.1. The molecule has 2 atom stereocenters. The summed E-state index contributed by atoms with van der Waals surface area (Å²) in [5, 5.41) is 23.6. The smallest absolute Gasteiger partial charge is 0.332 e. The normalized spacial score (nSPS) is 20.2. The van der Waals surface area contributed by atoms with E-state index >= 15 is 0 Å². The van der Waals surface area contributed by atoms with E-state index in [0.29, 0.717) is 17.5 Å². The molecule has 0 spiro atoms. The first-order chi connectivity index (χ1) is 15.7. The average Bonchev–Trinajstić information content (AvgIpc) is 3.21. The highest BCUT2D eigenvalue weighted by atomic mass is 32.2. The van der Waals surface area contributed by atoms with Crippen molar-refractivity contribution >= 4 is 33.0 Å². The van der Waals surface area contributed by atoms with Crippen molar-refractivity contribution in [2.75, 3.05) is 11.9 Å². The van der Waals surface area contributed by atoms with Gasteiger partial charge in [-0.05, 0) is 42.7 Å². The number of amides is 2. The van der Waals surface area contributed by atoms with E-state index in [0.717, 1.165) is 35.3 Å². The highest BCUT2D eigenvalue weighted by Crippen LogP contribution is 2.36. The van der Waals surface area contributed by atoms with Crippen LogP contribution in [0.15, 0.2) is 22.8 Å². The van der Waals surface area contributed by atoms with Crippen molar-refractivity contribution in [2.45, 2.75) is 68.9 Å². The second-order valence-corrected chi connectivity index (χ2v) is 12.0. The second kappa shape index (κ2) is 9.65. The van der Waals surface area contributed by atoms with Crippen molar-refractivity contribution in [3.05, 3.63) is 33.9 Å². The van der Waals surface area contributed by atoms with E-state index in [4.69, 9.17) is 4.78 Å². The predicted octanol–water partition coefficient (Wildman–Crippen LogP) is 3.57. The Kier molecular flexibility index (Phi) is 7.04. The molecule has 2 aromatic rings. The number of aromatic nitrogens is 2. The van der Waals surface area contributed by atoms with Crippen LogP contribution in [0.4, 0.5) is 10.5 Å². The third-order valence-corrected chi connectivity index (χ3v) is 9.11. The molecule has 0 saturated heterocycles. The molecule has 9 nitrogen and oxygen atoms in total. The highest BCUT2D eigenvalue weighted by molar-refractivity contribution is 7.91. The van der Waals surface area contributed by atoms with Crippen molar-refractivity contribution < 1.29 is 19.2 Å². The van der Waals surface area contributed by atoms with Crippen molar-refractivity contribution in [1.29, 1.82) is 4.78 Å². The van der Waals surface area contributed by atoms with Gasteiger partial charge in [0.2, 0.25) is 0 Å². The molecule has 11 heteroatoms. The van der Waals surface area contributed by atoms with Gasteiger partial charge in [0, 0.05) is 17.8 Å². The molecule has 2 amide bonds. The predicted molar refractivity (Wildman–Crippen MR) is 126 cm³/mol. The van der Waals surface area contributed by atoms with E-state index in [-0.39, 0.29) is 10.0 Å². The first-order valence-electron chi connectivity index (χ1n) is 11.3. The maximum atomic E-state index is 12.9. The molecule has 0 radical (unpaired) electrons. The third kappa shape index (κ3) is 5.53. The Bertz CT molecular complexity index is 1070. The Morgan fingerprint density at radius 3 is 2.27 bits per heavy atom. The van der Waals surface area contributed by atoms with Gasteiger partial charge in [-0.2, -0.15) is 0 Å². The summed E-state index contributed by atoms with van der Waals surface area (Å²) in [5.41, 5.74) is 1.04. The average molecular weight is 494 g/mol. The topological polar surface area (TPSA) is 148 Å². The lowest BCUT2D eigenvalue weighted by molar-refractivity contribution is -0.00275. The van der Waals surface area contributed by atoms with Gasteiger partial charge in [-0.15, -0.1) is 11.3 Å². The highest BCUT2D eigenvalue weighted by Gasteiger charge is 2.29. The number of pyridine rings is 1. The van der Waals surface area contributed by atoms with Gasteiger partial charge < -0.3 is 15.5 Å². The molecule has 4 rings (SSSR count). The maximum absolute atomic E-state index is 12.9. The van der Waals surface area contributed by atoms with Crippen molar-refractivity contribution in [3.8, 4) is 0 Å². The molecule has 2 unspecified atom stereocenters. The van der Waals surface area contributed by atoms with Gasteiger partial charge in [-0.1, -0.05) is 38.5 Å². The number of carbonyl (C=O) groups excluding carboxylic acids is 1. The number of rotatable bonds is 9. The van der Waals surface area contributed by atoms with Gasteiger partial charge in [0.15, 0.2) is 14.9 Å². The Balaban J connectivity index is 1.52. The van der Waals surface area contributed by atoms with Crippen LogP contribution >= 0.6 is 11.3 Å². The molecule has 2 aliphatic rings. The Morgan fingerprint density at radius 1 is 1.21 bits per heavy atom. The minimum absolute atomic E-state index is 0.127. The van der Waals surface area contributed by atoms with Gasteiger partial charge in [-0.25, -0.2) is 23.5 Å². The number of aliphatic hydroxyl groups excluding tert-OH is 1. The lowest BCUT2D eigenvalue weighted by Gasteiger charge is -2.29. The molecule has 2 aromatic heterocycles. The zero-order valence-corrected chi connectivity index (χ0v) is 20.3. The van der Waals surface area contributed by atoms with E-state index in [2.05, 4.69) is 20.0 Å². The maximum Gasteiger partial charge on any atom is 0.332 e. The molecule has 2 saturated carbocycles. The fraction of sp³-hybridized carbons (Fsp3) is 0.591. The minimum Gasteiger partial charge on any atom is -0.393 e. The van der Waals surface area contributed by atoms with E-state index in [1.807, 2.05) is 0 Å². The van der Waals surface area contributed by atoms with Crippen LogP contribution in [0.3, 0.4) is 0 Å². The Labute approximate surface area is 198 Å². The molecule has 2 fully saturated rings. The van der Waals surface area contributed by atoms with E-state index < -0.39 is 28.2 Å². The fourth-order valence-corrected chi connectivity index (χ4v) is 6.18. The standard InChI is InChI=1S/C22H31N5O4S2/c1-22(30,13-28)20-25-18(12-32-20)33(23,31)27-21(29)26-19-16(8-14-4-2-5-14)10-24-11-17(19)9-15-6-3-7-15/h10-12,14-15,28,30H,2-9,13H2,1H3,(H3,23,24,26,27,29,31). The van der Waals surface area contributed by atoms with Crippen LogP contribution in [0.25, 0.3) is 0 Å². The second-order valence-electron chi connectivity index (χ2n) is 9.37. The Morgan fingerprint density at radius 2 is 1.79 bits per heavy atom. The summed E-state index contributed by atoms with van der Waals surface area (Å²) < 4.78 is 23.4. The fourth-order valence-electron chi connectivity index (χ4n) is 4.07. The molecule has 0 aliphatic heterocycles. The lowest BCUT2D eigenvalue weighted by Crippen LogP contribution is -2.35. The molecule has 0 aromatic carbocycles. The number of hydrogen-bond acceptors (Lipinski definition) is 8. The first-order valence-corrected chi connectivity index (χ1v) is 13.7. The number of hydrogen-bond donors (Lipinski definition) is 5. The zero-order chi connectivity index (χ0) is 23.6. The van der Waals surface area contributed by atoms with E-state index in [9.17, 15) is 19.2 Å². The van der Waals surface area contributed by atoms with Crippen molar-refractivity contribution in [1.82, 2.24) is 14.7 Å². The van der Waals surface area contributed by atoms with Crippen LogP contribution in [0.2, 0.25) is 0 Å². The van der Waals surface area contributed by atoms with Crippen LogP contribution in [0.5, 0.6) is 0 Å².